The van der Waals surface area contributed by atoms with Crippen molar-refractivity contribution in [3.8, 4) is 0 Å². The van der Waals surface area contributed by atoms with Gasteiger partial charge in [-0.05, 0) is 68.2 Å². The summed E-state index contributed by atoms with van der Waals surface area (Å²) in [6, 6.07) is 9.85. The highest BCUT2D eigenvalue weighted by atomic mass is 35.5. The lowest BCUT2D eigenvalue weighted by Crippen LogP contribution is -3.12. The number of furan rings is 1. The van der Waals surface area contributed by atoms with Gasteiger partial charge in [0.25, 0.3) is 0 Å². The van der Waals surface area contributed by atoms with Crippen LogP contribution in [0.4, 0.5) is 5.69 Å². The van der Waals surface area contributed by atoms with Gasteiger partial charge < -0.3 is 19.5 Å². The number of hydrogen-bond donors (Lipinski definition) is 2. The van der Waals surface area contributed by atoms with Gasteiger partial charge >= 0.3 is 0 Å². The van der Waals surface area contributed by atoms with E-state index in [2.05, 4.69) is 10.2 Å². The fourth-order valence-corrected chi connectivity index (χ4v) is 3.99. The van der Waals surface area contributed by atoms with E-state index in [0.29, 0.717) is 11.7 Å². The molecule has 1 fully saturated rings. The number of halogens is 1. The number of nitrogens with one attached hydrogen (secondary N) is 2. The molecule has 0 radical (unpaired) electrons. The molecule has 2 aromatic rings. The van der Waals surface area contributed by atoms with Crippen LogP contribution in [0.5, 0.6) is 0 Å². The number of rotatable bonds is 7. The largest absolute Gasteiger partial charge is 0.467 e. The quantitative estimate of drug-likeness (QED) is 0.683. The first-order valence-electron chi connectivity index (χ1n) is 9.80. The molecule has 1 saturated heterocycles. The summed E-state index contributed by atoms with van der Waals surface area (Å²) in [4.78, 5) is 3.91. The van der Waals surface area contributed by atoms with Gasteiger partial charge in [-0.15, -0.1) is 0 Å². The molecule has 3 rings (SSSR count). The number of quaternary nitrogens is 1. The third-order valence-corrected chi connectivity index (χ3v) is 5.92. The molecule has 1 aromatic carbocycles. The van der Waals surface area contributed by atoms with Gasteiger partial charge in [0, 0.05) is 23.7 Å². The number of likely N-dealkylation sites (tertiary alicyclic amines) is 1. The summed E-state index contributed by atoms with van der Waals surface area (Å²) < 4.78 is 5.54. The predicted octanol–water partition coefficient (Wildman–Crippen LogP) is 3.90. The van der Waals surface area contributed by atoms with Crippen LogP contribution in [0.25, 0.3) is 0 Å². The highest BCUT2D eigenvalue weighted by molar-refractivity contribution is 7.80. The Morgan fingerprint density at radius 1 is 1.26 bits per heavy atom. The maximum Gasteiger partial charge on any atom is 0.173 e. The summed E-state index contributed by atoms with van der Waals surface area (Å²) in [5.41, 5.74) is 1.98. The number of piperidine rings is 1. The monoisotopic (exact) mass is 406 g/mol. The molecule has 6 heteroatoms. The Balaban J connectivity index is 1.59. The van der Waals surface area contributed by atoms with Crippen LogP contribution in [0.1, 0.15) is 37.0 Å². The van der Waals surface area contributed by atoms with Crippen LogP contribution in [0.15, 0.2) is 41.0 Å². The second kappa shape index (κ2) is 10.1. The molecule has 2 heterocycles. The van der Waals surface area contributed by atoms with E-state index in [0.717, 1.165) is 35.0 Å². The highest BCUT2D eigenvalue weighted by Gasteiger charge is 2.16. The topological polar surface area (TPSA) is 32.9 Å². The van der Waals surface area contributed by atoms with Gasteiger partial charge in [0.1, 0.15) is 5.76 Å². The minimum absolute atomic E-state index is 0.674. The molecular formula is C21H29ClN3OS+. The molecule has 0 unspecified atom stereocenters. The van der Waals surface area contributed by atoms with Crippen LogP contribution in [-0.4, -0.2) is 36.2 Å². The Bertz CT molecular complexity index is 729. The predicted molar refractivity (Wildman–Crippen MR) is 116 cm³/mol. The van der Waals surface area contributed by atoms with E-state index in [1.807, 2.05) is 37.3 Å². The second-order valence-corrected chi connectivity index (χ2v) is 8.10. The van der Waals surface area contributed by atoms with Crippen LogP contribution in [0.3, 0.4) is 0 Å². The van der Waals surface area contributed by atoms with Crippen molar-refractivity contribution in [1.29, 1.82) is 0 Å². The van der Waals surface area contributed by atoms with E-state index in [1.54, 1.807) is 11.2 Å². The van der Waals surface area contributed by atoms with Gasteiger partial charge in [0.15, 0.2) is 5.11 Å². The van der Waals surface area contributed by atoms with Gasteiger partial charge in [-0.3, -0.25) is 0 Å². The number of benzene rings is 1. The minimum atomic E-state index is 0.674. The fraction of sp³-hybridized carbons (Fsp3) is 0.476. The maximum absolute atomic E-state index is 6.25. The molecule has 27 heavy (non-hydrogen) atoms. The molecule has 0 amide bonds. The van der Waals surface area contributed by atoms with Crippen LogP contribution < -0.4 is 10.2 Å². The number of nitrogens with zero attached hydrogens (tertiary/aromatic N) is 1. The molecule has 0 atom stereocenters. The van der Waals surface area contributed by atoms with E-state index in [1.165, 1.54) is 38.9 Å². The zero-order valence-electron chi connectivity index (χ0n) is 16.0. The van der Waals surface area contributed by atoms with Gasteiger partial charge in [-0.2, -0.15) is 0 Å². The Hall–Kier alpha value is -1.56. The molecular weight excluding hydrogens is 378 g/mol. The average Bonchev–Trinajstić information content (AvgIpc) is 3.18. The molecule has 1 aromatic heterocycles. The zero-order valence-corrected chi connectivity index (χ0v) is 17.5. The van der Waals surface area contributed by atoms with Crippen molar-refractivity contribution in [2.75, 3.05) is 31.5 Å². The average molecular weight is 407 g/mol. The van der Waals surface area contributed by atoms with E-state index < -0.39 is 0 Å². The summed E-state index contributed by atoms with van der Waals surface area (Å²) in [7, 11) is 0. The highest BCUT2D eigenvalue weighted by Crippen LogP contribution is 2.20. The lowest BCUT2D eigenvalue weighted by atomic mass is 10.1. The van der Waals surface area contributed by atoms with Crippen LogP contribution in [0.2, 0.25) is 5.02 Å². The molecule has 2 N–H and O–H groups in total. The third-order valence-electron chi connectivity index (χ3n) is 5.16. The Morgan fingerprint density at radius 2 is 2.07 bits per heavy atom. The molecule has 0 aliphatic carbocycles. The summed E-state index contributed by atoms with van der Waals surface area (Å²) in [5.74, 6) is 0.923. The SMILES string of the molecule is Cc1ccc(NC(=S)N(CCC[NH+]2CCCCC2)Cc2ccco2)cc1Cl. The number of thiocarbonyl (C=S) groups is 1. The Morgan fingerprint density at radius 3 is 2.78 bits per heavy atom. The van der Waals surface area contributed by atoms with E-state index in [9.17, 15) is 0 Å². The minimum Gasteiger partial charge on any atom is -0.467 e. The zero-order chi connectivity index (χ0) is 19.1. The van der Waals surface area contributed by atoms with E-state index in [-0.39, 0.29) is 0 Å². The second-order valence-electron chi connectivity index (χ2n) is 7.31. The number of anilines is 1. The molecule has 0 bridgehead atoms. The van der Waals surface area contributed by atoms with Crippen molar-refractivity contribution in [2.24, 2.45) is 0 Å². The summed E-state index contributed by atoms with van der Waals surface area (Å²) in [6.45, 7) is 7.40. The molecule has 146 valence electrons. The molecule has 0 saturated carbocycles. The first kappa shape index (κ1) is 20.2. The fourth-order valence-electron chi connectivity index (χ4n) is 3.54. The maximum atomic E-state index is 6.25. The normalized spacial score (nSPS) is 14.9. The lowest BCUT2D eigenvalue weighted by Gasteiger charge is -2.27. The number of hydrogen-bond acceptors (Lipinski definition) is 2. The smallest absolute Gasteiger partial charge is 0.173 e. The summed E-state index contributed by atoms with van der Waals surface area (Å²) in [5, 5.41) is 4.79. The van der Waals surface area contributed by atoms with Crippen molar-refractivity contribution in [2.45, 2.75) is 39.2 Å². The van der Waals surface area contributed by atoms with Gasteiger partial charge in [0.2, 0.25) is 0 Å². The third kappa shape index (κ3) is 6.23. The van der Waals surface area contributed by atoms with Crippen molar-refractivity contribution < 1.29 is 9.32 Å². The van der Waals surface area contributed by atoms with Crippen molar-refractivity contribution in [3.63, 3.8) is 0 Å². The lowest BCUT2D eigenvalue weighted by molar-refractivity contribution is -0.905. The molecule has 1 aliphatic heterocycles. The summed E-state index contributed by atoms with van der Waals surface area (Å²) >= 11 is 11.9. The van der Waals surface area contributed by atoms with E-state index >= 15 is 0 Å². The Labute approximate surface area is 172 Å². The van der Waals surface area contributed by atoms with Gasteiger partial charge in [-0.25, -0.2) is 0 Å². The number of aryl methyl sites for hydroxylation is 1. The molecule has 1 aliphatic rings. The standard InChI is InChI=1S/C21H28ClN3OS/c1-17-8-9-18(15-20(17)22)23-21(27)25(16-19-7-5-14-26-19)13-6-12-24-10-3-2-4-11-24/h5,7-9,14-15H,2-4,6,10-13,16H2,1H3,(H,23,27)/p+1. The van der Waals surface area contributed by atoms with Crippen LogP contribution in [-0.2, 0) is 6.54 Å². The van der Waals surface area contributed by atoms with Crippen LogP contribution >= 0.6 is 23.8 Å². The summed E-state index contributed by atoms with van der Waals surface area (Å²) in [6.07, 6.45) is 6.94. The van der Waals surface area contributed by atoms with Crippen molar-refractivity contribution in [3.05, 3.63) is 52.9 Å². The first-order valence-corrected chi connectivity index (χ1v) is 10.6. The van der Waals surface area contributed by atoms with Crippen molar-refractivity contribution in [1.82, 2.24) is 4.90 Å². The van der Waals surface area contributed by atoms with E-state index in [4.69, 9.17) is 28.2 Å². The Kier molecular flexibility index (Phi) is 7.56. The molecule has 0 spiro atoms. The van der Waals surface area contributed by atoms with Gasteiger partial charge in [-0.1, -0.05) is 17.7 Å². The van der Waals surface area contributed by atoms with Crippen LogP contribution in [0, 0.1) is 6.92 Å². The van der Waals surface area contributed by atoms with Gasteiger partial charge in [0.05, 0.1) is 32.4 Å². The first-order chi connectivity index (χ1) is 13.1. The molecule has 4 nitrogen and oxygen atoms in total. The van der Waals surface area contributed by atoms with Crippen molar-refractivity contribution >= 4 is 34.6 Å².